The summed E-state index contributed by atoms with van der Waals surface area (Å²) < 4.78 is 5.52. The van der Waals surface area contributed by atoms with Gasteiger partial charge in [-0.1, -0.05) is 35.3 Å². The third kappa shape index (κ3) is 3.96. The fourth-order valence-electron chi connectivity index (χ4n) is 1.57. The van der Waals surface area contributed by atoms with Crippen LogP contribution in [0, 0.1) is 0 Å². The Kier molecular flexibility index (Phi) is 5.25. The molecule has 0 aliphatic carbocycles. The van der Waals surface area contributed by atoms with E-state index < -0.39 is 0 Å². The number of ether oxygens (including phenoxy) is 1. The van der Waals surface area contributed by atoms with Crippen molar-refractivity contribution in [1.29, 1.82) is 0 Å². The van der Waals surface area contributed by atoms with Crippen molar-refractivity contribution in [1.82, 2.24) is 0 Å². The van der Waals surface area contributed by atoms with E-state index in [1.165, 1.54) is 11.3 Å². The largest absolute Gasteiger partial charge is 0.492 e. The van der Waals surface area contributed by atoms with Gasteiger partial charge < -0.3 is 4.74 Å². The molecule has 5 heteroatoms. The van der Waals surface area contributed by atoms with Gasteiger partial charge in [0.2, 0.25) is 0 Å². The first kappa shape index (κ1) is 14.4. The second-order valence-corrected chi connectivity index (χ2v) is 5.64. The van der Waals surface area contributed by atoms with Crippen molar-refractivity contribution >= 4 is 40.3 Å². The molecular formula is C14H12Cl2O2S. The molecule has 0 saturated carbocycles. The highest BCUT2D eigenvalue weighted by molar-refractivity contribution is 7.12. The molecule has 1 heterocycles. The molecule has 1 aromatic carbocycles. The fourth-order valence-corrected chi connectivity index (χ4v) is 2.61. The predicted octanol–water partition coefficient (Wildman–Crippen LogP) is 5.10. The molecule has 0 atom stereocenters. The molecule has 2 rings (SSSR count). The topological polar surface area (TPSA) is 26.3 Å². The summed E-state index contributed by atoms with van der Waals surface area (Å²) in [6.07, 6.45) is 1.12. The lowest BCUT2D eigenvalue weighted by atomic mass is 10.2. The van der Waals surface area contributed by atoms with Crippen LogP contribution in [0.5, 0.6) is 5.75 Å². The minimum Gasteiger partial charge on any atom is -0.492 e. The smallest absolute Gasteiger partial charge is 0.172 e. The van der Waals surface area contributed by atoms with Gasteiger partial charge in [-0.3, -0.25) is 4.79 Å². The molecule has 2 nitrogen and oxygen atoms in total. The Hall–Kier alpha value is -1.03. The summed E-state index contributed by atoms with van der Waals surface area (Å²) in [7, 11) is 0. The van der Waals surface area contributed by atoms with Crippen molar-refractivity contribution < 1.29 is 9.53 Å². The van der Waals surface area contributed by atoms with Crippen LogP contribution in [0.1, 0.15) is 22.5 Å². The minimum atomic E-state index is 0.149. The molecule has 0 saturated heterocycles. The van der Waals surface area contributed by atoms with Crippen molar-refractivity contribution in [2.45, 2.75) is 12.8 Å². The average molecular weight is 315 g/mol. The molecule has 19 heavy (non-hydrogen) atoms. The van der Waals surface area contributed by atoms with Crippen LogP contribution in [-0.4, -0.2) is 12.4 Å². The van der Waals surface area contributed by atoms with Crippen molar-refractivity contribution in [3.05, 3.63) is 50.6 Å². The maximum Gasteiger partial charge on any atom is 0.172 e. The first-order valence-electron chi connectivity index (χ1n) is 5.82. The molecule has 0 N–H and O–H groups in total. The van der Waals surface area contributed by atoms with E-state index in [0.29, 0.717) is 35.2 Å². The van der Waals surface area contributed by atoms with E-state index in [9.17, 15) is 4.79 Å². The van der Waals surface area contributed by atoms with Crippen LogP contribution < -0.4 is 4.74 Å². The normalized spacial score (nSPS) is 10.4. The summed E-state index contributed by atoms with van der Waals surface area (Å²) in [4.78, 5) is 12.5. The van der Waals surface area contributed by atoms with Crippen LogP contribution in [-0.2, 0) is 0 Å². The molecule has 0 unspecified atom stereocenters. The lowest BCUT2D eigenvalue weighted by molar-refractivity contribution is 0.0977. The fraction of sp³-hybridized carbons (Fsp3) is 0.214. The van der Waals surface area contributed by atoms with Gasteiger partial charge in [0.15, 0.2) is 5.78 Å². The van der Waals surface area contributed by atoms with Gasteiger partial charge in [-0.15, -0.1) is 11.3 Å². The Labute approximate surface area is 125 Å². The number of halogens is 2. The zero-order valence-electron chi connectivity index (χ0n) is 10.1. The van der Waals surface area contributed by atoms with Gasteiger partial charge in [-0.25, -0.2) is 0 Å². The maximum atomic E-state index is 11.7. The number of ketones is 1. The molecule has 1 aromatic heterocycles. The Morgan fingerprint density at radius 2 is 2.05 bits per heavy atom. The van der Waals surface area contributed by atoms with Crippen molar-refractivity contribution in [3.8, 4) is 5.75 Å². The third-order valence-corrected chi connectivity index (χ3v) is 4.23. The number of hydrogen-bond donors (Lipinski definition) is 0. The van der Waals surface area contributed by atoms with Gasteiger partial charge in [0.05, 0.1) is 16.5 Å². The molecule has 0 spiro atoms. The van der Waals surface area contributed by atoms with E-state index in [1.807, 2.05) is 17.5 Å². The second-order valence-electron chi connectivity index (χ2n) is 3.90. The first-order valence-corrected chi connectivity index (χ1v) is 7.45. The lowest BCUT2D eigenvalue weighted by Crippen LogP contribution is -2.02. The summed E-state index contributed by atoms with van der Waals surface area (Å²) in [6.45, 7) is 0.442. The van der Waals surface area contributed by atoms with Gasteiger partial charge in [-0.05, 0) is 30.0 Å². The molecular weight excluding hydrogens is 303 g/mol. The van der Waals surface area contributed by atoms with Crippen molar-refractivity contribution in [2.24, 2.45) is 0 Å². The highest BCUT2D eigenvalue weighted by Gasteiger charge is 2.08. The molecule has 0 fully saturated rings. The summed E-state index contributed by atoms with van der Waals surface area (Å²) in [5.74, 6) is 0.702. The van der Waals surface area contributed by atoms with Gasteiger partial charge in [0, 0.05) is 6.42 Å². The Morgan fingerprint density at radius 3 is 2.79 bits per heavy atom. The van der Waals surface area contributed by atoms with Crippen molar-refractivity contribution in [3.63, 3.8) is 0 Å². The van der Waals surface area contributed by atoms with Crippen LogP contribution in [0.25, 0.3) is 0 Å². The van der Waals surface area contributed by atoms with E-state index in [0.717, 1.165) is 4.88 Å². The van der Waals surface area contributed by atoms with Gasteiger partial charge >= 0.3 is 0 Å². The molecule has 0 aliphatic heterocycles. The number of thiophene rings is 1. The molecule has 100 valence electrons. The minimum absolute atomic E-state index is 0.149. The first-order chi connectivity index (χ1) is 9.18. The standard InChI is InChI=1S/C14H12Cl2O2S/c15-10-4-1-6-12(14(10)16)18-8-2-5-11(17)13-7-3-9-19-13/h1,3-4,6-7,9H,2,5,8H2. The van der Waals surface area contributed by atoms with Crippen LogP contribution in [0.4, 0.5) is 0 Å². The lowest BCUT2D eigenvalue weighted by Gasteiger charge is -2.08. The summed E-state index contributed by atoms with van der Waals surface area (Å²) in [5.41, 5.74) is 0. The number of benzene rings is 1. The zero-order chi connectivity index (χ0) is 13.7. The monoisotopic (exact) mass is 314 g/mol. The van der Waals surface area contributed by atoms with Gasteiger partial charge in [0.25, 0.3) is 0 Å². The third-order valence-electron chi connectivity index (χ3n) is 2.52. The van der Waals surface area contributed by atoms with Crippen molar-refractivity contribution in [2.75, 3.05) is 6.61 Å². The van der Waals surface area contributed by atoms with Crippen LogP contribution >= 0.6 is 34.5 Å². The van der Waals surface area contributed by atoms with E-state index >= 15 is 0 Å². The van der Waals surface area contributed by atoms with E-state index in [4.69, 9.17) is 27.9 Å². The van der Waals surface area contributed by atoms with E-state index in [1.54, 1.807) is 18.2 Å². The van der Waals surface area contributed by atoms with Crippen LogP contribution in [0.15, 0.2) is 35.7 Å². The summed E-state index contributed by atoms with van der Waals surface area (Å²) in [6, 6.07) is 8.95. The maximum absolute atomic E-state index is 11.7. The molecule has 0 bridgehead atoms. The quantitative estimate of drug-likeness (QED) is 0.548. The van der Waals surface area contributed by atoms with E-state index in [-0.39, 0.29) is 5.78 Å². The summed E-state index contributed by atoms with van der Waals surface area (Å²) >= 11 is 13.3. The molecule has 0 amide bonds. The zero-order valence-corrected chi connectivity index (χ0v) is 12.4. The highest BCUT2D eigenvalue weighted by atomic mass is 35.5. The van der Waals surface area contributed by atoms with Gasteiger partial charge in [0.1, 0.15) is 10.8 Å². The number of rotatable bonds is 6. The Morgan fingerprint density at radius 1 is 1.21 bits per heavy atom. The summed E-state index contributed by atoms with van der Waals surface area (Å²) in [5, 5.41) is 2.78. The molecule has 0 aliphatic rings. The molecule has 2 aromatic rings. The highest BCUT2D eigenvalue weighted by Crippen LogP contribution is 2.31. The SMILES string of the molecule is O=C(CCCOc1cccc(Cl)c1Cl)c1cccs1. The second kappa shape index (κ2) is 6.94. The molecule has 0 radical (unpaired) electrons. The Bertz CT molecular complexity index is 553. The predicted molar refractivity (Wildman–Crippen MR) is 79.8 cm³/mol. The number of Topliss-reactive ketones (excluding diaryl/α,β-unsaturated/α-hetero) is 1. The number of carbonyl (C=O) groups excluding carboxylic acids is 1. The van der Waals surface area contributed by atoms with Crippen LogP contribution in [0.3, 0.4) is 0 Å². The van der Waals surface area contributed by atoms with Gasteiger partial charge in [-0.2, -0.15) is 0 Å². The Balaban J connectivity index is 1.78. The van der Waals surface area contributed by atoms with E-state index in [2.05, 4.69) is 0 Å². The number of carbonyl (C=O) groups is 1. The van der Waals surface area contributed by atoms with Crippen LogP contribution in [0.2, 0.25) is 10.0 Å². The number of hydrogen-bond acceptors (Lipinski definition) is 3. The average Bonchev–Trinajstić information content (AvgIpc) is 2.93.